The van der Waals surface area contributed by atoms with Gasteiger partial charge in [0.1, 0.15) is 29.4 Å². The average molecular weight is 1160 g/mol. The van der Waals surface area contributed by atoms with E-state index in [0.29, 0.717) is 60.3 Å². The minimum Gasteiger partial charge on any atom is -0.444 e. The third-order valence-electron chi connectivity index (χ3n) is 14.6. The molecule has 1 unspecified atom stereocenters. The average Bonchev–Trinajstić information content (AvgIpc) is 1.84. The van der Waals surface area contributed by atoms with Crippen LogP contribution in [0.15, 0.2) is 140 Å². The van der Waals surface area contributed by atoms with Crippen molar-refractivity contribution in [2.75, 3.05) is 60.4 Å². The molecule has 0 spiro atoms. The molecule has 8 aromatic rings. The SMILES string of the molecule is CC(C)(C)OC(=O)NCCCCCC(=O)Nc1ccc(-c2nc(NC3Cc4ccc(N(C(=O)COCCOCCNC(=O)OC(C)(C)C)c5ccc(-c6nc(NC7Cc8ccccc8C7)c7ccccc7n6)cc5)cc4C3)c3ccccc3n2)cc1. The highest BCUT2D eigenvalue weighted by Gasteiger charge is 2.28. The number of benzene rings is 6. The highest BCUT2D eigenvalue weighted by Crippen LogP contribution is 2.36. The molecule has 0 fully saturated rings. The fraction of sp³-hybridized carbons (Fsp3) is 0.353. The summed E-state index contributed by atoms with van der Waals surface area (Å²) in [7, 11) is 0. The van der Waals surface area contributed by atoms with Crippen LogP contribution in [0.1, 0.15) is 89.5 Å². The molecule has 5 N–H and O–H groups in total. The number of amides is 4. The molecule has 2 aliphatic carbocycles. The Labute approximate surface area is 502 Å². The summed E-state index contributed by atoms with van der Waals surface area (Å²) in [6.07, 6.45) is 4.87. The lowest BCUT2D eigenvalue weighted by Crippen LogP contribution is -2.34. The maximum Gasteiger partial charge on any atom is 0.407 e. The van der Waals surface area contributed by atoms with Crippen molar-refractivity contribution >= 4 is 74.5 Å². The van der Waals surface area contributed by atoms with Crippen LogP contribution >= 0.6 is 0 Å². The maximum absolute atomic E-state index is 14.5. The Hall–Kier alpha value is -9.00. The summed E-state index contributed by atoms with van der Waals surface area (Å²) in [6, 6.07) is 46.2. The van der Waals surface area contributed by atoms with Gasteiger partial charge < -0.3 is 45.5 Å². The normalized spacial score (nSPS) is 13.9. The molecule has 86 heavy (non-hydrogen) atoms. The molecule has 0 saturated heterocycles. The number of carbonyl (C=O) groups excluding carboxylic acids is 4. The van der Waals surface area contributed by atoms with Crippen LogP contribution in [-0.2, 0) is 54.2 Å². The molecule has 0 saturated carbocycles. The Morgan fingerprint density at radius 1 is 0.512 bits per heavy atom. The van der Waals surface area contributed by atoms with Crippen LogP contribution in [0.5, 0.6) is 0 Å². The summed E-state index contributed by atoms with van der Waals surface area (Å²) in [4.78, 5) is 73.2. The number of hydrogen-bond acceptors (Lipinski definition) is 14. The van der Waals surface area contributed by atoms with E-state index < -0.39 is 23.4 Å². The van der Waals surface area contributed by atoms with E-state index in [1.807, 2.05) is 124 Å². The summed E-state index contributed by atoms with van der Waals surface area (Å²) < 4.78 is 22.2. The summed E-state index contributed by atoms with van der Waals surface area (Å²) in [5, 5.41) is 17.8. The second kappa shape index (κ2) is 27.4. The van der Waals surface area contributed by atoms with Gasteiger partial charge in [0, 0.05) is 70.6 Å². The van der Waals surface area contributed by atoms with Gasteiger partial charge in [-0.15, -0.1) is 0 Å². The quantitative estimate of drug-likeness (QED) is 0.0376. The largest absolute Gasteiger partial charge is 0.444 e. The number of unbranched alkanes of at least 4 members (excludes halogenated alkanes) is 2. The summed E-state index contributed by atoms with van der Waals surface area (Å²) in [6.45, 7) is 12.1. The van der Waals surface area contributed by atoms with Crippen molar-refractivity contribution in [1.29, 1.82) is 0 Å². The van der Waals surface area contributed by atoms with Crippen LogP contribution in [0.2, 0.25) is 0 Å². The number of ether oxygens (including phenoxy) is 4. The second-order valence-corrected chi connectivity index (χ2v) is 23.8. The minimum atomic E-state index is -0.604. The molecule has 18 nitrogen and oxygen atoms in total. The van der Waals surface area contributed by atoms with Crippen LogP contribution in [0, 0.1) is 0 Å². The maximum atomic E-state index is 14.5. The molecule has 446 valence electrons. The van der Waals surface area contributed by atoms with Crippen molar-refractivity contribution in [1.82, 2.24) is 30.6 Å². The predicted molar refractivity (Wildman–Crippen MR) is 337 cm³/mol. The van der Waals surface area contributed by atoms with Crippen LogP contribution in [0.25, 0.3) is 44.6 Å². The molecule has 1 atom stereocenters. The highest BCUT2D eigenvalue weighted by molar-refractivity contribution is 6.02. The van der Waals surface area contributed by atoms with E-state index in [1.165, 1.54) is 11.1 Å². The Balaban J connectivity index is 0.814. The minimum absolute atomic E-state index is 0.0124. The van der Waals surface area contributed by atoms with Crippen molar-refractivity contribution in [3.63, 3.8) is 0 Å². The second-order valence-electron chi connectivity index (χ2n) is 23.8. The van der Waals surface area contributed by atoms with Crippen molar-refractivity contribution in [2.24, 2.45) is 0 Å². The number of fused-ring (bicyclic) bond motifs is 4. The number of hydrogen-bond donors (Lipinski definition) is 5. The van der Waals surface area contributed by atoms with Crippen molar-refractivity contribution in [3.8, 4) is 22.8 Å². The summed E-state index contributed by atoms with van der Waals surface area (Å²) in [5.41, 5.74) is 9.06. The highest BCUT2D eigenvalue weighted by atomic mass is 16.6. The fourth-order valence-corrected chi connectivity index (χ4v) is 10.7. The number of nitrogens with zero attached hydrogens (tertiary/aromatic N) is 5. The lowest BCUT2D eigenvalue weighted by atomic mass is 10.1. The number of para-hydroxylation sites is 2. The number of carbonyl (C=O) groups is 4. The number of nitrogens with one attached hydrogen (secondary N) is 5. The van der Waals surface area contributed by atoms with E-state index in [1.54, 1.807) is 25.7 Å². The molecule has 4 amide bonds. The monoisotopic (exact) mass is 1160 g/mol. The van der Waals surface area contributed by atoms with Crippen LogP contribution in [-0.4, -0.2) is 107 Å². The van der Waals surface area contributed by atoms with Gasteiger partial charge in [-0.05, 0) is 187 Å². The Kier molecular flexibility index (Phi) is 19.1. The van der Waals surface area contributed by atoms with Gasteiger partial charge in [-0.25, -0.2) is 29.5 Å². The zero-order valence-corrected chi connectivity index (χ0v) is 49.8. The van der Waals surface area contributed by atoms with E-state index in [2.05, 4.69) is 63.0 Å². The summed E-state index contributed by atoms with van der Waals surface area (Å²) in [5.74, 6) is 2.26. The third kappa shape index (κ3) is 16.2. The first kappa shape index (κ1) is 60.1. The topological polar surface area (TPSA) is 220 Å². The third-order valence-corrected chi connectivity index (χ3v) is 14.6. The van der Waals surface area contributed by atoms with Crippen LogP contribution in [0.4, 0.5) is 38.3 Å². The van der Waals surface area contributed by atoms with Gasteiger partial charge in [-0.2, -0.15) is 0 Å². The molecule has 2 aliphatic rings. The van der Waals surface area contributed by atoms with E-state index in [0.717, 1.165) is 82.0 Å². The zero-order valence-electron chi connectivity index (χ0n) is 49.8. The summed E-state index contributed by atoms with van der Waals surface area (Å²) >= 11 is 0. The van der Waals surface area contributed by atoms with E-state index in [9.17, 15) is 19.2 Å². The lowest BCUT2D eigenvalue weighted by molar-refractivity contribution is -0.123. The van der Waals surface area contributed by atoms with Gasteiger partial charge in [0.25, 0.3) is 5.91 Å². The molecule has 0 radical (unpaired) electrons. The van der Waals surface area contributed by atoms with Gasteiger partial charge in [-0.3, -0.25) is 14.5 Å². The first-order valence-electron chi connectivity index (χ1n) is 29.6. The first-order chi connectivity index (χ1) is 41.5. The number of alkyl carbamates (subject to hydrolysis) is 2. The van der Waals surface area contributed by atoms with E-state index >= 15 is 0 Å². The Morgan fingerprint density at radius 3 is 1.59 bits per heavy atom. The first-order valence-corrected chi connectivity index (χ1v) is 29.6. The molecule has 10 rings (SSSR count). The van der Waals surface area contributed by atoms with E-state index in [4.69, 9.17) is 38.9 Å². The van der Waals surface area contributed by atoms with Crippen molar-refractivity contribution < 1.29 is 38.1 Å². The number of anilines is 5. The molecule has 18 heteroatoms. The van der Waals surface area contributed by atoms with Crippen LogP contribution in [0.3, 0.4) is 0 Å². The van der Waals surface area contributed by atoms with Gasteiger partial charge in [-0.1, -0.05) is 61.0 Å². The Bertz CT molecular complexity index is 3670. The fourth-order valence-electron chi connectivity index (χ4n) is 10.7. The van der Waals surface area contributed by atoms with Crippen molar-refractivity contribution in [3.05, 3.63) is 162 Å². The molecule has 0 bridgehead atoms. The molecule has 2 aromatic heterocycles. The zero-order chi connectivity index (χ0) is 60.2. The molecule has 2 heterocycles. The lowest BCUT2D eigenvalue weighted by Gasteiger charge is -2.24. The van der Waals surface area contributed by atoms with Gasteiger partial charge in [0.05, 0.1) is 30.9 Å². The van der Waals surface area contributed by atoms with Gasteiger partial charge in [0.2, 0.25) is 5.91 Å². The molecular weight excluding hydrogens is 1080 g/mol. The molecule has 6 aromatic carbocycles. The van der Waals surface area contributed by atoms with Crippen molar-refractivity contribution in [2.45, 2.75) is 116 Å². The van der Waals surface area contributed by atoms with Crippen LogP contribution < -0.4 is 31.5 Å². The van der Waals surface area contributed by atoms with Gasteiger partial charge in [0.15, 0.2) is 11.6 Å². The predicted octanol–water partition coefficient (Wildman–Crippen LogP) is 12.3. The molecular formula is C68H76N10O8. The number of rotatable bonds is 23. The molecule has 0 aliphatic heterocycles. The van der Waals surface area contributed by atoms with Gasteiger partial charge >= 0.3 is 12.2 Å². The smallest absolute Gasteiger partial charge is 0.407 e. The number of aromatic nitrogens is 4. The Morgan fingerprint density at radius 2 is 1.01 bits per heavy atom. The van der Waals surface area contributed by atoms with E-state index in [-0.39, 0.29) is 56.9 Å². The standard InChI is InChI=1S/C68H76N10O8/c1-67(2,3)85-65(81)69-33-15-7-8-22-59(79)71-50-28-23-44(24-29-50)61-74-57-20-13-12-19-56(57)64(76-61)73-52-40-48-27-32-54(42-49(48)41-52)78(60(80)43-84-37-36-83-35-34-70-66(82)86-68(4,5)6)53-30-25-45(26-31-53)62-75-58-21-14-11-18-55(58)63(77-62)72-51-38-46-16-9-10-17-47(46)39-51/h9-14,16-21,23-32,42,51-52H,7-8,15,22,33-41,43H2,1-6H3,(H,69,81)(H,70,82)(H,71,79)(H,72,75,77)(H,73,74,76).